The molecule has 21 heavy (non-hydrogen) atoms. The molecule has 5 heteroatoms. The van der Waals surface area contributed by atoms with Crippen molar-refractivity contribution in [1.29, 1.82) is 0 Å². The molecule has 1 amide bonds. The van der Waals surface area contributed by atoms with E-state index in [1.54, 1.807) is 31.4 Å². The van der Waals surface area contributed by atoms with Crippen molar-refractivity contribution in [2.75, 3.05) is 33.4 Å². The predicted octanol–water partition coefficient (Wildman–Crippen LogP) is 1.29. The lowest BCUT2D eigenvalue weighted by Gasteiger charge is -2.35. The molecular formula is C16H22N2O3. The summed E-state index contributed by atoms with van der Waals surface area (Å²) in [4.78, 5) is 14.6. The van der Waals surface area contributed by atoms with Crippen molar-refractivity contribution < 1.29 is 14.3 Å². The first-order valence-corrected chi connectivity index (χ1v) is 7.54. The molecule has 0 saturated carbocycles. The second kappa shape index (κ2) is 6.45. The van der Waals surface area contributed by atoms with Gasteiger partial charge < -0.3 is 14.8 Å². The molecule has 2 atom stereocenters. The van der Waals surface area contributed by atoms with E-state index in [1.807, 2.05) is 0 Å². The van der Waals surface area contributed by atoms with E-state index in [0.717, 1.165) is 25.4 Å². The van der Waals surface area contributed by atoms with E-state index in [1.165, 1.54) is 12.8 Å². The monoisotopic (exact) mass is 290 g/mol. The number of carbonyl (C=O) groups excluding carboxylic acids is 1. The van der Waals surface area contributed by atoms with E-state index in [4.69, 9.17) is 9.47 Å². The van der Waals surface area contributed by atoms with Crippen LogP contribution in [-0.2, 0) is 4.74 Å². The van der Waals surface area contributed by atoms with E-state index in [2.05, 4.69) is 10.2 Å². The quantitative estimate of drug-likeness (QED) is 0.908. The van der Waals surface area contributed by atoms with E-state index < -0.39 is 0 Å². The number of hydrogen-bond donors (Lipinski definition) is 1. The zero-order chi connectivity index (χ0) is 14.7. The van der Waals surface area contributed by atoms with Crippen LogP contribution in [0.5, 0.6) is 5.75 Å². The third-order valence-corrected chi connectivity index (χ3v) is 4.30. The number of amides is 1. The molecule has 2 aliphatic heterocycles. The number of nitrogens with one attached hydrogen (secondary N) is 1. The van der Waals surface area contributed by atoms with Crippen LogP contribution in [0.4, 0.5) is 0 Å². The normalized spacial score (nSPS) is 25.4. The van der Waals surface area contributed by atoms with Crippen molar-refractivity contribution in [3.8, 4) is 5.75 Å². The second-order valence-corrected chi connectivity index (χ2v) is 5.68. The van der Waals surface area contributed by atoms with Gasteiger partial charge in [-0.1, -0.05) is 0 Å². The minimum atomic E-state index is -0.0650. The van der Waals surface area contributed by atoms with Crippen LogP contribution >= 0.6 is 0 Å². The molecular weight excluding hydrogens is 268 g/mol. The summed E-state index contributed by atoms with van der Waals surface area (Å²) in [5, 5.41) is 2.95. The highest BCUT2D eigenvalue weighted by Crippen LogP contribution is 2.22. The van der Waals surface area contributed by atoms with Crippen LogP contribution < -0.4 is 10.1 Å². The third kappa shape index (κ3) is 3.36. The Labute approximate surface area is 125 Å². The van der Waals surface area contributed by atoms with Gasteiger partial charge in [0.05, 0.1) is 19.8 Å². The number of ether oxygens (including phenoxy) is 2. The Morgan fingerprint density at radius 3 is 3.00 bits per heavy atom. The van der Waals surface area contributed by atoms with Gasteiger partial charge in [0, 0.05) is 24.7 Å². The fraction of sp³-hybridized carbons (Fsp3) is 0.562. The smallest absolute Gasteiger partial charge is 0.251 e. The molecule has 1 aromatic carbocycles. The first-order chi connectivity index (χ1) is 10.3. The summed E-state index contributed by atoms with van der Waals surface area (Å²) < 4.78 is 10.9. The maximum atomic E-state index is 12.1. The zero-order valence-electron chi connectivity index (χ0n) is 12.4. The summed E-state index contributed by atoms with van der Waals surface area (Å²) in [6.07, 6.45) is 2.60. The number of fused-ring (bicyclic) bond motifs is 1. The average molecular weight is 290 g/mol. The molecule has 2 aliphatic rings. The Morgan fingerprint density at radius 1 is 1.43 bits per heavy atom. The number of benzene rings is 1. The Hall–Kier alpha value is -1.59. The van der Waals surface area contributed by atoms with Crippen LogP contribution in [0.1, 0.15) is 23.2 Å². The standard InChI is InChI=1S/C16H22N2O3/c1-20-14-6-4-12(5-7-14)16(19)17-9-15-10-18-8-2-3-13(18)11-21-15/h4-7,13,15H,2-3,8-11H2,1H3,(H,17,19)/t13-,15+/m1/s1. The van der Waals surface area contributed by atoms with Crippen LogP contribution in [0.2, 0.25) is 0 Å². The molecule has 2 saturated heterocycles. The predicted molar refractivity (Wildman–Crippen MR) is 79.7 cm³/mol. The van der Waals surface area contributed by atoms with Crippen molar-refractivity contribution in [2.24, 2.45) is 0 Å². The molecule has 0 aliphatic carbocycles. The van der Waals surface area contributed by atoms with Crippen LogP contribution in [0.3, 0.4) is 0 Å². The van der Waals surface area contributed by atoms with E-state index >= 15 is 0 Å². The number of carbonyl (C=O) groups is 1. The van der Waals surface area contributed by atoms with Gasteiger partial charge in [-0.25, -0.2) is 0 Å². The molecule has 0 radical (unpaired) electrons. The Kier molecular flexibility index (Phi) is 4.41. The highest BCUT2D eigenvalue weighted by Gasteiger charge is 2.32. The van der Waals surface area contributed by atoms with E-state index in [9.17, 15) is 4.79 Å². The number of nitrogens with zero attached hydrogens (tertiary/aromatic N) is 1. The number of hydrogen-bond acceptors (Lipinski definition) is 4. The zero-order valence-corrected chi connectivity index (χ0v) is 12.4. The van der Waals surface area contributed by atoms with Crippen molar-refractivity contribution in [2.45, 2.75) is 25.0 Å². The van der Waals surface area contributed by atoms with Crippen molar-refractivity contribution in [1.82, 2.24) is 10.2 Å². The highest BCUT2D eigenvalue weighted by atomic mass is 16.5. The molecule has 5 nitrogen and oxygen atoms in total. The maximum Gasteiger partial charge on any atom is 0.251 e. The molecule has 1 N–H and O–H groups in total. The van der Waals surface area contributed by atoms with Gasteiger partial charge in [-0.2, -0.15) is 0 Å². The summed E-state index contributed by atoms with van der Waals surface area (Å²) in [6.45, 7) is 3.45. The lowest BCUT2D eigenvalue weighted by atomic mass is 10.1. The number of rotatable bonds is 4. The minimum absolute atomic E-state index is 0.0650. The Morgan fingerprint density at radius 2 is 2.24 bits per heavy atom. The molecule has 3 rings (SSSR count). The van der Waals surface area contributed by atoms with Crippen molar-refractivity contribution in [3.63, 3.8) is 0 Å². The van der Waals surface area contributed by atoms with Crippen LogP contribution in [0.25, 0.3) is 0 Å². The summed E-state index contributed by atoms with van der Waals surface area (Å²) in [6, 6.07) is 7.72. The van der Waals surface area contributed by atoms with Crippen molar-refractivity contribution >= 4 is 5.91 Å². The van der Waals surface area contributed by atoms with Gasteiger partial charge in [0.15, 0.2) is 0 Å². The Balaban J connectivity index is 1.49. The lowest BCUT2D eigenvalue weighted by molar-refractivity contribution is -0.0461. The lowest BCUT2D eigenvalue weighted by Crippen LogP contribution is -2.50. The number of morpholine rings is 1. The summed E-state index contributed by atoms with van der Waals surface area (Å²) in [5.74, 6) is 0.687. The Bertz CT molecular complexity index is 489. The molecule has 2 heterocycles. The van der Waals surface area contributed by atoms with Crippen LogP contribution in [0, 0.1) is 0 Å². The minimum Gasteiger partial charge on any atom is -0.497 e. The maximum absolute atomic E-state index is 12.1. The SMILES string of the molecule is COc1ccc(C(=O)NC[C@H]2CN3CCC[C@@H]3CO2)cc1. The van der Waals surface area contributed by atoms with Gasteiger partial charge in [0.2, 0.25) is 0 Å². The van der Waals surface area contributed by atoms with Gasteiger partial charge in [-0.3, -0.25) is 9.69 Å². The third-order valence-electron chi connectivity index (χ3n) is 4.30. The molecule has 1 aromatic rings. The summed E-state index contributed by atoms with van der Waals surface area (Å²) >= 11 is 0. The topological polar surface area (TPSA) is 50.8 Å². The van der Waals surface area contributed by atoms with Gasteiger partial charge in [0.1, 0.15) is 5.75 Å². The molecule has 2 fully saturated rings. The number of methoxy groups -OCH3 is 1. The first kappa shape index (κ1) is 14.4. The van der Waals surface area contributed by atoms with Gasteiger partial charge >= 0.3 is 0 Å². The molecule has 114 valence electrons. The van der Waals surface area contributed by atoms with E-state index in [-0.39, 0.29) is 12.0 Å². The fourth-order valence-electron chi connectivity index (χ4n) is 3.06. The highest BCUT2D eigenvalue weighted by molar-refractivity contribution is 5.94. The molecule has 0 bridgehead atoms. The fourth-order valence-corrected chi connectivity index (χ4v) is 3.06. The summed E-state index contributed by atoms with van der Waals surface area (Å²) in [5.41, 5.74) is 0.644. The van der Waals surface area contributed by atoms with Gasteiger partial charge in [-0.15, -0.1) is 0 Å². The van der Waals surface area contributed by atoms with E-state index in [0.29, 0.717) is 18.2 Å². The van der Waals surface area contributed by atoms with Gasteiger partial charge in [-0.05, 0) is 43.7 Å². The first-order valence-electron chi connectivity index (χ1n) is 7.54. The van der Waals surface area contributed by atoms with Gasteiger partial charge in [0.25, 0.3) is 5.91 Å². The van der Waals surface area contributed by atoms with Crippen molar-refractivity contribution in [3.05, 3.63) is 29.8 Å². The molecule has 0 unspecified atom stereocenters. The molecule has 0 aromatic heterocycles. The largest absolute Gasteiger partial charge is 0.497 e. The average Bonchev–Trinajstić information content (AvgIpc) is 3.00. The second-order valence-electron chi connectivity index (χ2n) is 5.68. The molecule has 0 spiro atoms. The van der Waals surface area contributed by atoms with Crippen LogP contribution in [-0.4, -0.2) is 56.3 Å². The summed E-state index contributed by atoms with van der Waals surface area (Å²) in [7, 11) is 1.61. The van der Waals surface area contributed by atoms with Crippen LogP contribution in [0.15, 0.2) is 24.3 Å².